The van der Waals surface area contributed by atoms with Gasteiger partial charge >= 0.3 is 0 Å². The SMILES string of the molecule is Cn1ncc2c3ccccc3n(CCCC(=O)NC3CCN(Cc4ccccc4)CC3)c2c1=O. The van der Waals surface area contributed by atoms with Crippen LogP contribution >= 0.6 is 0 Å². The van der Waals surface area contributed by atoms with Crippen LogP contribution in [0.25, 0.3) is 21.8 Å². The van der Waals surface area contributed by atoms with Gasteiger partial charge < -0.3 is 9.88 Å². The third kappa shape index (κ3) is 4.61. The lowest BCUT2D eigenvalue weighted by Gasteiger charge is -2.32. The molecule has 0 atom stereocenters. The van der Waals surface area contributed by atoms with Crippen LogP contribution in [0.5, 0.6) is 0 Å². The van der Waals surface area contributed by atoms with E-state index in [-0.39, 0.29) is 17.5 Å². The number of rotatable bonds is 7. The Hall–Kier alpha value is -3.45. The lowest BCUT2D eigenvalue weighted by molar-refractivity contribution is -0.122. The number of benzene rings is 2. The second-order valence-corrected chi connectivity index (χ2v) is 9.21. The molecule has 0 bridgehead atoms. The van der Waals surface area contributed by atoms with Crippen LogP contribution in [0.1, 0.15) is 31.2 Å². The number of hydrogen-bond donors (Lipinski definition) is 1. The molecule has 176 valence electrons. The van der Waals surface area contributed by atoms with Crippen molar-refractivity contribution in [2.24, 2.45) is 7.05 Å². The van der Waals surface area contributed by atoms with Crippen molar-refractivity contribution in [3.05, 3.63) is 76.7 Å². The number of carbonyl (C=O) groups is 1. The Morgan fingerprint density at radius 1 is 1.03 bits per heavy atom. The molecule has 1 saturated heterocycles. The van der Waals surface area contributed by atoms with E-state index in [1.54, 1.807) is 13.2 Å². The fourth-order valence-corrected chi connectivity index (χ4v) is 5.05. The van der Waals surface area contributed by atoms with Gasteiger partial charge in [-0.15, -0.1) is 0 Å². The summed E-state index contributed by atoms with van der Waals surface area (Å²) in [5.41, 5.74) is 2.89. The quantitative estimate of drug-likeness (QED) is 0.461. The third-order valence-corrected chi connectivity index (χ3v) is 6.85. The lowest BCUT2D eigenvalue weighted by atomic mass is 10.0. The molecule has 0 radical (unpaired) electrons. The molecule has 4 aromatic rings. The summed E-state index contributed by atoms with van der Waals surface area (Å²) in [4.78, 5) is 27.9. The Labute approximate surface area is 199 Å². The second-order valence-electron chi connectivity index (χ2n) is 9.21. The molecule has 1 aliphatic rings. The smallest absolute Gasteiger partial charge is 0.291 e. The summed E-state index contributed by atoms with van der Waals surface area (Å²) >= 11 is 0. The summed E-state index contributed by atoms with van der Waals surface area (Å²) in [6, 6.07) is 18.8. The molecule has 2 aromatic carbocycles. The van der Waals surface area contributed by atoms with Crippen LogP contribution in [-0.2, 0) is 24.9 Å². The van der Waals surface area contributed by atoms with Gasteiger partial charge in [-0.2, -0.15) is 5.10 Å². The van der Waals surface area contributed by atoms with Crippen LogP contribution in [0, 0.1) is 0 Å². The molecule has 34 heavy (non-hydrogen) atoms. The van der Waals surface area contributed by atoms with Gasteiger partial charge in [-0.05, 0) is 30.9 Å². The predicted molar refractivity (Wildman–Crippen MR) is 135 cm³/mol. The minimum absolute atomic E-state index is 0.0943. The molecule has 1 aliphatic heterocycles. The summed E-state index contributed by atoms with van der Waals surface area (Å²) in [7, 11) is 1.67. The Morgan fingerprint density at radius 3 is 2.56 bits per heavy atom. The van der Waals surface area contributed by atoms with Crippen molar-refractivity contribution in [3.8, 4) is 0 Å². The molecule has 1 N–H and O–H groups in total. The Kier molecular flexibility index (Phi) is 6.45. The molecule has 0 saturated carbocycles. The highest BCUT2D eigenvalue weighted by atomic mass is 16.1. The third-order valence-electron chi connectivity index (χ3n) is 6.85. The molecule has 5 rings (SSSR count). The maximum absolute atomic E-state index is 12.8. The van der Waals surface area contributed by atoms with Gasteiger partial charge in [0.05, 0.1) is 6.20 Å². The summed E-state index contributed by atoms with van der Waals surface area (Å²) < 4.78 is 3.42. The maximum atomic E-state index is 12.8. The van der Waals surface area contributed by atoms with Crippen LogP contribution < -0.4 is 10.9 Å². The van der Waals surface area contributed by atoms with E-state index in [0.717, 1.165) is 48.8 Å². The van der Waals surface area contributed by atoms with Gasteiger partial charge in [-0.3, -0.25) is 14.5 Å². The lowest BCUT2D eigenvalue weighted by Crippen LogP contribution is -2.44. The maximum Gasteiger partial charge on any atom is 0.291 e. The largest absolute Gasteiger partial charge is 0.353 e. The zero-order valence-electron chi connectivity index (χ0n) is 19.6. The van der Waals surface area contributed by atoms with Gasteiger partial charge in [-0.25, -0.2) is 4.68 Å². The van der Waals surface area contributed by atoms with Gasteiger partial charge in [0.25, 0.3) is 5.56 Å². The second kappa shape index (κ2) is 9.81. The average Bonchev–Trinajstić information content (AvgIpc) is 3.18. The highest BCUT2D eigenvalue weighted by molar-refractivity contribution is 6.07. The average molecular weight is 458 g/mol. The van der Waals surface area contributed by atoms with Crippen molar-refractivity contribution in [1.29, 1.82) is 0 Å². The number of aryl methyl sites for hydroxylation is 2. The zero-order valence-corrected chi connectivity index (χ0v) is 19.6. The van der Waals surface area contributed by atoms with Gasteiger partial charge in [0, 0.05) is 62.0 Å². The minimum atomic E-state index is -0.111. The van der Waals surface area contributed by atoms with Gasteiger partial charge in [0.2, 0.25) is 5.91 Å². The summed E-state index contributed by atoms with van der Waals surface area (Å²) in [5, 5.41) is 9.31. The number of piperidine rings is 1. The first-order valence-electron chi connectivity index (χ1n) is 12.1. The molecule has 0 aliphatic carbocycles. The fraction of sp³-hybridized carbons (Fsp3) is 0.370. The van der Waals surface area contributed by atoms with Crippen LogP contribution in [0.2, 0.25) is 0 Å². The van der Waals surface area contributed by atoms with Crippen molar-refractivity contribution < 1.29 is 4.79 Å². The zero-order chi connectivity index (χ0) is 23.5. The van der Waals surface area contributed by atoms with Crippen LogP contribution in [0.3, 0.4) is 0 Å². The van der Waals surface area contributed by atoms with E-state index in [1.165, 1.54) is 10.2 Å². The normalized spacial score (nSPS) is 15.2. The first kappa shape index (κ1) is 22.3. The van der Waals surface area contributed by atoms with Crippen molar-refractivity contribution in [1.82, 2.24) is 24.6 Å². The van der Waals surface area contributed by atoms with E-state index in [1.807, 2.05) is 34.9 Å². The van der Waals surface area contributed by atoms with E-state index >= 15 is 0 Å². The van der Waals surface area contributed by atoms with Crippen molar-refractivity contribution in [3.63, 3.8) is 0 Å². The molecular weight excluding hydrogens is 426 g/mol. The van der Waals surface area contributed by atoms with Crippen LogP contribution in [-0.4, -0.2) is 44.3 Å². The fourth-order valence-electron chi connectivity index (χ4n) is 5.05. The predicted octanol–water partition coefficient (Wildman–Crippen LogP) is 3.45. The van der Waals surface area contributed by atoms with Gasteiger partial charge in [0.15, 0.2) is 0 Å². The van der Waals surface area contributed by atoms with Crippen LogP contribution in [0.15, 0.2) is 65.6 Å². The molecule has 2 aromatic heterocycles. The first-order valence-corrected chi connectivity index (χ1v) is 12.1. The molecule has 0 spiro atoms. The van der Waals surface area contributed by atoms with Crippen molar-refractivity contribution >= 4 is 27.7 Å². The van der Waals surface area contributed by atoms with E-state index < -0.39 is 0 Å². The van der Waals surface area contributed by atoms with E-state index in [0.29, 0.717) is 24.9 Å². The number of para-hydroxylation sites is 1. The standard InChI is InChI=1S/C27H31N5O2/c1-30-27(34)26-23(18-28-30)22-10-5-6-11-24(22)32(26)15-7-12-25(33)29-21-13-16-31(17-14-21)19-20-8-3-2-4-9-20/h2-6,8-11,18,21H,7,12-17,19H2,1H3,(H,29,33). The molecule has 1 fully saturated rings. The molecule has 1 amide bonds. The van der Waals surface area contributed by atoms with Crippen LogP contribution in [0.4, 0.5) is 0 Å². The molecule has 3 heterocycles. The minimum Gasteiger partial charge on any atom is -0.353 e. The number of nitrogens with one attached hydrogen (secondary N) is 1. The molecule has 7 heteroatoms. The number of nitrogens with zero attached hydrogens (tertiary/aromatic N) is 4. The number of likely N-dealkylation sites (tertiary alicyclic amines) is 1. The number of hydrogen-bond acceptors (Lipinski definition) is 4. The first-order chi connectivity index (χ1) is 16.6. The van der Waals surface area contributed by atoms with E-state index in [2.05, 4.69) is 39.6 Å². The Morgan fingerprint density at radius 2 is 1.76 bits per heavy atom. The number of fused-ring (bicyclic) bond motifs is 3. The Bertz CT molecular complexity index is 1350. The molecular formula is C27H31N5O2. The summed E-state index contributed by atoms with van der Waals surface area (Å²) in [6.07, 6.45) is 4.84. The summed E-state index contributed by atoms with van der Waals surface area (Å²) in [6.45, 7) is 3.58. The highest BCUT2D eigenvalue weighted by Gasteiger charge is 2.21. The number of amides is 1. The summed E-state index contributed by atoms with van der Waals surface area (Å²) in [5.74, 6) is 0.0943. The van der Waals surface area contributed by atoms with Gasteiger partial charge in [-0.1, -0.05) is 48.5 Å². The number of carbonyl (C=O) groups excluding carboxylic acids is 1. The molecule has 0 unspecified atom stereocenters. The highest BCUT2D eigenvalue weighted by Crippen LogP contribution is 2.26. The Balaban J connectivity index is 1.16. The van der Waals surface area contributed by atoms with E-state index in [4.69, 9.17) is 0 Å². The van der Waals surface area contributed by atoms with Gasteiger partial charge in [0.1, 0.15) is 5.52 Å². The van der Waals surface area contributed by atoms with Crippen molar-refractivity contribution in [2.45, 2.75) is 44.8 Å². The monoisotopic (exact) mass is 457 g/mol. The molecule has 7 nitrogen and oxygen atoms in total. The topological polar surface area (TPSA) is 72.2 Å². The number of aromatic nitrogens is 3. The van der Waals surface area contributed by atoms with E-state index in [9.17, 15) is 9.59 Å². The van der Waals surface area contributed by atoms with Crippen molar-refractivity contribution in [2.75, 3.05) is 13.1 Å².